The van der Waals surface area contributed by atoms with Crippen LogP contribution in [0.1, 0.15) is 75.3 Å². The summed E-state index contributed by atoms with van der Waals surface area (Å²) in [6.45, 7) is 3.28. The molecule has 0 saturated carbocycles. The highest BCUT2D eigenvalue weighted by Crippen LogP contribution is 2.18. The summed E-state index contributed by atoms with van der Waals surface area (Å²) >= 11 is 0. The summed E-state index contributed by atoms with van der Waals surface area (Å²) in [5.74, 6) is -3.65. The van der Waals surface area contributed by atoms with Crippen molar-refractivity contribution in [2.75, 3.05) is 0 Å². The Kier molecular flexibility index (Phi) is 13.8. The molecule has 0 fully saturated rings. The van der Waals surface area contributed by atoms with E-state index in [0.29, 0.717) is 11.2 Å². The fourth-order valence-electron chi connectivity index (χ4n) is 6.85. The molecule has 2 aromatic heterocycles. The molecule has 0 unspecified atom stereocenters. The van der Waals surface area contributed by atoms with Gasteiger partial charge in [0.05, 0.1) is 35.2 Å². The van der Waals surface area contributed by atoms with Crippen molar-refractivity contribution in [1.29, 1.82) is 10.8 Å². The number of benzene rings is 4. The van der Waals surface area contributed by atoms with Gasteiger partial charge in [0.15, 0.2) is 0 Å². The summed E-state index contributed by atoms with van der Waals surface area (Å²) in [6.07, 6.45) is 12.4. The van der Waals surface area contributed by atoms with Gasteiger partial charge >= 0.3 is 11.9 Å². The molecule has 4 N–H and O–H groups in total. The molecule has 272 valence electrons. The van der Waals surface area contributed by atoms with Gasteiger partial charge in [-0.2, -0.15) is 0 Å². The Morgan fingerprint density at radius 2 is 0.673 bits per heavy atom. The smallest absolute Gasteiger partial charge is 0.414 e. The molecule has 0 bridgehead atoms. The molecule has 6 rings (SSSR count). The second kappa shape index (κ2) is 19.1. The first-order valence-corrected chi connectivity index (χ1v) is 18.3. The fourth-order valence-corrected chi connectivity index (χ4v) is 6.85. The molecule has 0 aliphatic carbocycles. The number of imidazole rings is 2. The third kappa shape index (κ3) is 9.99. The number of hydrogen-bond donors (Lipinski definition) is 4. The van der Waals surface area contributed by atoms with Crippen molar-refractivity contribution in [3.63, 3.8) is 0 Å². The monoisotopic (exact) mass is 702 g/mol. The molecule has 0 amide bonds. The fraction of sp³-hybridized carbons (Fsp3) is 0.333. The van der Waals surface area contributed by atoms with Gasteiger partial charge in [-0.1, -0.05) is 136 Å². The molecule has 0 aliphatic rings. The predicted octanol–water partition coefficient (Wildman–Crippen LogP) is 8.01. The van der Waals surface area contributed by atoms with E-state index in [-0.39, 0.29) is 0 Å². The van der Waals surface area contributed by atoms with E-state index >= 15 is 0 Å². The SMILES string of the molecule is N=c1n(CCCCCCCCCCCCn2c(=N)n(Cc3ccccc3)c3ccccc32)c2ccccc2n1Cc1ccccc1.O=C(O)C(=O)O. The zero-order valence-corrected chi connectivity index (χ0v) is 29.8. The van der Waals surface area contributed by atoms with Gasteiger partial charge in [0.25, 0.3) is 0 Å². The highest BCUT2D eigenvalue weighted by Gasteiger charge is 2.12. The topological polar surface area (TPSA) is 142 Å². The van der Waals surface area contributed by atoms with Crippen LogP contribution in [0.25, 0.3) is 22.1 Å². The average Bonchev–Trinajstić information content (AvgIpc) is 3.58. The number of para-hydroxylation sites is 4. The van der Waals surface area contributed by atoms with Crippen LogP contribution >= 0.6 is 0 Å². The lowest BCUT2D eigenvalue weighted by molar-refractivity contribution is -0.159. The van der Waals surface area contributed by atoms with Crippen LogP contribution in [0.2, 0.25) is 0 Å². The molecule has 10 heteroatoms. The number of carbonyl (C=O) groups is 2. The van der Waals surface area contributed by atoms with Crippen molar-refractivity contribution in [3.8, 4) is 0 Å². The van der Waals surface area contributed by atoms with Crippen molar-refractivity contribution < 1.29 is 19.8 Å². The van der Waals surface area contributed by atoms with Crippen LogP contribution in [-0.2, 0) is 35.8 Å². The molecule has 2 heterocycles. The lowest BCUT2D eigenvalue weighted by Gasteiger charge is -2.07. The number of carboxylic acid groups (broad SMARTS) is 2. The van der Waals surface area contributed by atoms with Gasteiger partial charge < -0.3 is 28.5 Å². The second-order valence-electron chi connectivity index (χ2n) is 13.2. The number of aryl methyl sites for hydroxylation is 2. The van der Waals surface area contributed by atoms with E-state index in [1.54, 1.807) is 0 Å². The minimum absolute atomic E-state index is 0.598. The first-order valence-electron chi connectivity index (χ1n) is 18.3. The largest absolute Gasteiger partial charge is 0.473 e. The van der Waals surface area contributed by atoms with Gasteiger partial charge in [0.2, 0.25) is 11.2 Å². The van der Waals surface area contributed by atoms with Crippen LogP contribution in [-0.4, -0.2) is 40.4 Å². The average molecular weight is 703 g/mol. The highest BCUT2D eigenvalue weighted by molar-refractivity contribution is 6.27. The molecule has 6 aromatic rings. The summed E-state index contributed by atoms with van der Waals surface area (Å²) in [4.78, 5) is 18.2. The van der Waals surface area contributed by atoms with Gasteiger partial charge in [-0.05, 0) is 48.2 Å². The van der Waals surface area contributed by atoms with Crippen molar-refractivity contribution in [1.82, 2.24) is 18.3 Å². The Balaban J connectivity index is 0.000000803. The Labute approximate surface area is 304 Å². The van der Waals surface area contributed by atoms with Gasteiger partial charge in [0, 0.05) is 13.1 Å². The van der Waals surface area contributed by atoms with Crippen LogP contribution in [0.4, 0.5) is 0 Å². The molecule has 0 saturated heterocycles. The third-order valence-corrected chi connectivity index (χ3v) is 9.51. The van der Waals surface area contributed by atoms with E-state index < -0.39 is 11.9 Å². The molecular formula is C42H50N6O4. The summed E-state index contributed by atoms with van der Waals surface area (Å²) < 4.78 is 8.67. The second-order valence-corrected chi connectivity index (χ2v) is 13.2. The van der Waals surface area contributed by atoms with E-state index in [4.69, 9.17) is 30.6 Å². The van der Waals surface area contributed by atoms with Crippen LogP contribution in [0.15, 0.2) is 109 Å². The summed E-state index contributed by atoms with van der Waals surface area (Å²) in [7, 11) is 0. The predicted molar refractivity (Wildman–Crippen MR) is 204 cm³/mol. The van der Waals surface area contributed by atoms with Crippen LogP contribution in [0.3, 0.4) is 0 Å². The Bertz CT molecular complexity index is 2010. The number of nitrogens with one attached hydrogen (secondary N) is 2. The highest BCUT2D eigenvalue weighted by atomic mass is 16.4. The van der Waals surface area contributed by atoms with Crippen molar-refractivity contribution >= 4 is 34.0 Å². The van der Waals surface area contributed by atoms with E-state index in [1.807, 2.05) is 12.1 Å². The maximum atomic E-state index is 9.10. The van der Waals surface area contributed by atoms with Crippen molar-refractivity contribution in [2.45, 2.75) is 90.4 Å². The number of fused-ring (bicyclic) bond motifs is 2. The third-order valence-electron chi connectivity index (χ3n) is 9.51. The maximum Gasteiger partial charge on any atom is 0.414 e. The van der Waals surface area contributed by atoms with Crippen molar-refractivity contribution in [3.05, 3.63) is 132 Å². The number of hydrogen-bond acceptors (Lipinski definition) is 4. The van der Waals surface area contributed by atoms with Gasteiger partial charge in [-0.15, -0.1) is 0 Å². The van der Waals surface area contributed by atoms with E-state index in [2.05, 4.69) is 115 Å². The number of carboxylic acids is 2. The summed E-state index contributed by atoms with van der Waals surface area (Å²) in [6, 6.07) is 37.8. The standard InChI is InChI=1S/C40H48N6.C2H2O4/c41-39-43(35-25-15-17-27-37(35)45(39)31-33-21-11-9-12-22-33)29-19-7-5-3-1-2-4-6-8-20-30-44-36-26-16-18-28-38(36)46(40(44)42)32-34-23-13-10-14-24-34;3-1(4)2(5)6/h9-18,21-28,41-42H,1-8,19-20,29-32H2;(H,3,4)(H,5,6). The zero-order chi connectivity index (χ0) is 36.7. The molecule has 52 heavy (non-hydrogen) atoms. The van der Waals surface area contributed by atoms with E-state index in [1.165, 1.54) is 73.5 Å². The van der Waals surface area contributed by atoms with E-state index in [0.717, 1.165) is 50.1 Å². The Morgan fingerprint density at radius 1 is 0.404 bits per heavy atom. The molecule has 0 spiro atoms. The molecule has 0 radical (unpaired) electrons. The Morgan fingerprint density at radius 3 is 0.981 bits per heavy atom. The van der Waals surface area contributed by atoms with Gasteiger partial charge in [-0.25, -0.2) is 9.59 Å². The summed E-state index contributed by atoms with van der Waals surface area (Å²) in [5, 5.41) is 32.6. The number of unbranched alkanes of at least 4 members (excludes halogenated alkanes) is 9. The summed E-state index contributed by atoms with van der Waals surface area (Å²) in [5.41, 5.74) is 8.27. The number of rotatable bonds is 17. The quantitative estimate of drug-likeness (QED) is 0.0564. The first kappa shape index (κ1) is 37.6. The van der Waals surface area contributed by atoms with Crippen LogP contribution < -0.4 is 11.2 Å². The molecule has 0 aliphatic heterocycles. The van der Waals surface area contributed by atoms with E-state index in [9.17, 15) is 0 Å². The maximum absolute atomic E-state index is 9.10. The van der Waals surface area contributed by atoms with Crippen molar-refractivity contribution in [2.24, 2.45) is 0 Å². The van der Waals surface area contributed by atoms with Crippen LogP contribution in [0.5, 0.6) is 0 Å². The number of aromatic nitrogens is 4. The molecule has 4 aromatic carbocycles. The molecule has 10 nitrogen and oxygen atoms in total. The minimum Gasteiger partial charge on any atom is -0.473 e. The zero-order valence-electron chi connectivity index (χ0n) is 29.8. The minimum atomic E-state index is -1.82. The molecule has 0 atom stereocenters. The number of nitrogens with zero attached hydrogens (tertiary/aromatic N) is 4. The first-order chi connectivity index (χ1) is 25.3. The Hall–Kier alpha value is -5.64. The lowest BCUT2D eigenvalue weighted by Crippen LogP contribution is -2.25. The van der Waals surface area contributed by atoms with Gasteiger partial charge in [-0.3, -0.25) is 10.8 Å². The van der Waals surface area contributed by atoms with Gasteiger partial charge in [0.1, 0.15) is 0 Å². The lowest BCUT2D eigenvalue weighted by atomic mass is 10.1. The number of aliphatic carboxylic acids is 2. The normalized spacial score (nSPS) is 11.1. The van der Waals surface area contributed by atoms with Crippen LogP contribution in [0, 0.1) is 10.8 Å². The molecular weight excluding hydrogens is 653 g/mol.